The Morgan fingerprint density at radius 2 is 1.74 bits per heavy atom. The molecule has 1 amide bonds. The monoisotopic (exact) mass is 484 g/mol. The van der Waals surface area contributed by atoms with E-state index in [0.29, 0.717) is 25.1 Å². The number of benzene rings is 2. The summed E-state index contributed by atoms with van der Waals surface area (Å²) in [5, 5.41) is 3.20. The predicted molar refractivity (Wildman–Crippen MR) is 134 cm³/mol. The molecule has 7 heteroatoms. The van der Waals surface area contributed by atoms with Crippen molar-refractivity contribution in [3.63, 3.8) is 0 Å². The smallest absolute Gasteiger partial charge is 0.252 e. The Morgan fingerprint density at radius 1 is 1.06 bits per heavy atom. The molecule has 0 aromatic heterocycles. The van der Waals surface area contributed by atoms with Gasteiger partial charge in [0.1, 0.15) is 11.4 Å². The summed E-state index contributed by atoms with van der Waals surface area (Å²) in [6.45, 7) is 7.13. The third-order valence-corrected chi connectivity index (χ3v) is 9.34. The van der Waals surface area contributed by atoms with E-state index in [1.54, 1.807) is 22.5 Å². The number of nitrogens with one attached hydrogen (secondary N) is 1. The Bertz CT molecular complexity index is 1130. The SMILES string of the molecule is CCC1(CC)C[C@@H](NC(=O)c2cc(S(=O)(=O)N3CCCCCC3)ccc2C)c2ccccc2O1. The normalized spacial score (nSPS) is 20.6. The molecule has 184 valence electrons. The Labute approximate surface area is 203 Å². The van der Waals surface area contributed by atoms with Crippen LogP contribution in [0.4, 0.5) is 0 Å². The molecule has 0 aliphatic carbocycles. The number of sulfonamides is 1. The summed E-state index contributed by atoms with van der Waals surface area (Å²) < 4.78 is 34.6. The zero-order valence-corrected chi connectivity index (χ0v) is 21.3. The van der Waals surface area contributed by atoms with Crippen LogP contribution >= 0.6 is 0 Å². The van der Waals surface area contributed by atoms with E-state index in [9.17, 15) is 13.2 Å². The fourth-order valence-electron chi connectivity index (χ4n) is 5.10. The molecule has 1 saturated heterocycles. The van der Waals surface area contributed by atoms with Crippen molar-refractivity contribution >= 4 is 15.9 Å². The van der Waals surface area contributed by atoms with Crippen molar-refractivity contribution in [2.75, 3.05) is 13.1 Å². The molecule has 1 atom stereocenters. The number of aryl methyl sites for hydroxylation is 1. The second-order valence-electron chi connectivity index (χ2n) is 9.56. The van der Waals surface area contributed by atoms with E-state index in [1.807, 2.05) is 31.2 Å². The van der Waals surface area contributed by atoms with Gasteiger partial charge >= 0.3 is 0 Å². The lowest BCUT2D eigenvalue weighted by molar-refractivity contribution is 0.0227. The van der Waals surface area contributed by atoms with Gasteiger partial charge in [0.25, 0.3) is 5.91 Å². The Kier molecular flexibility index (Phi) is 7.33. The van der Waals surface area contributed by atoms with E-state index >= 15 is 0 Å². The van der Waals surface area contributed by atoms with Crippen LogP contribution in [0.2, 0.25) is 0 Å². The summed E-state index contributed by atoms with van der Waals surface area (Å²) in [5.41, 5.74) is 1.78. The molecule has 34 heavy (non-hydrogen) atoms. The fourth-order valence-corrected chi connectivity index (χ4v) is 6.65. The van der Waals surface area contributed by atoms with Gasteiger partial charge < -0.3 is 10.1 Å². The highest BCUT2D eigenvalue weighted by molar-refractivity contribution is 7.89. The van der Waals surface area contributed by atoms with E-state index in [4.69, 9.17) is 4.74 Å². The third-order valence-electron chi connectivity index (χ3n) is 7.45. The van der Waals surface area contributed by atoms with Crippen LogP contribution < -0.4 is 10.1 Å². The molecule has 0 bridgehead atoms. The third kappa shape index (κ3) is 4.86. The first-order chi connectivity index (χ1) is 16.3. The summed E-state index contributed by atoms with van der Waals surface area (Å²) in [6.07, 6.45) is 6.21. The van der Waals surface area contributed by atoms with Crippen molar-refractivity contribution in [1.82, 2.24) is 9.62 Å². The zero-order chi connectivity index (χ0) is 24.3. The molecule has 1 fully saturated rings. The maximum atomic E-state index is 13.5. The lowest BCUT2D eigenvalue weighted by Gasteiger charge is -2.41. The first kappa shape index (κ1) is 24.7. The minimum Gasteiger partial charge on any atom is -0.487 e. The van der Waals surface area contributed by atoms with Crippen LogP contribution in [0.25, 0.3) is 0 Å². The Hall–Kier alpha value is -2.38. The average Bonchev–Trinajstić information content (AvgIpc) is 3.14. The van der Waals surface area contributed by atoms with Crippen molar-refractivity contribution in [1.29, 1.82) is 0 Å². The van der Waals surface area contributed by atoms with E-state index in [-0.39, 0.29) is 22.4 Å². The Balaban J connectivity index is 1.62. The number of hydrogen-bond acceptors (Lipinski definition) is 4. The zero-order valence-electron chi connectivity index (χ0n) is 20.5. The van der Waals surface area contributed by atoms with Crippen molar-refractivity contribution in [2.24, 2.45) is 0 Å². The minimum atomic E-state index is -3.63. The quantitative estimate of drug-likeness (QED) is 0.598. The molecule has 2 aromatic carbocycles. The number of hydrogen-bond donors (Lipinski definition) is 1. The van der Waals surface area contributed by atoms with Gasteiger partial charge in [0.05, 0.1) is 10.9 Å². The molecule has 0 unspecified atom stereocenters. The predicted octanol–water partition coefficient (Wildman–Crippen LogP) is 5.37. The average molecular weight is 485 g/mol. The van der Waals surface area contributed by atoms with Gasteiger partial charge in [-0.1, -0.05) is 51.0 Å². The first-order valence-electron chi connectivity index (χ1n) is 12.5. The Morgan fingerprint density at radius 3 is 2.41 bits per heavy atom. The van der Waals surface area contributed by atoms with Gasteiger partial charge in [0.2, 0.25) is 10.0 Å². The van der Waals surface area contributed by atoms with Gasteiger partial charge in [-0.25, -0.2) is 8.42 Å². The summed E-state index contributed by atoms with van der Waals surface area (Å²) >= 11 is 0. The minimum absolute atomic E-state index is 0.189. The number of carbonyl (C=O) groups excluding carboxylic acids is 1. The van der Waals surface area contributed by atoms with Gasteiger partial charge in [-0.05, 0) is 56.4 Å². The molecule has 2 aliphatic heterocycles. The number of rotatable bonds is 6. The number of nitrogens with zero attached hydrogens (tertiary/aromatic N) is 1. The molecule has 2 heterocycles. The van der Waals surface area contributed by atoms with Crippen LogP contribution in [0.1, 0.15) is 86.3 Å². The second-order valence-corrected chi connectivity index (χ2v) is 11.5. The molecular formula is C27H36N2O4S. The van der Waals surface area contributed by atoms with Gasteiger partial charge in [0, 0.05) is 30.6 Å². The maximum Gasteiger partial charge on any atom is 0.252 e. The topological polar surface area (TPSA) is 75.7 Å². The molecule has 0 radical (unpaired) electrons. The lowest BCUT2D eigenvalue weighted by Crippen LogP contribution is -2.44. The number of amides is 1. The van der Waals surface area contributed by atoms with Crippen LogP contribution in [-0.4, -0.2) is 37.3 Å². The first-order valence-corrected chi connectivity index (χ1v) is 13.9. The second kappa shape index (κ2) is 10.1. The number of para-hydroxylation sites is 1. The van der Waals surface area contributed by atoms with E-state index < -0.39 is 10.0 Å². The van der Waals surface area contributed by atoms with Crippen LogP contribution in [0, 0.1) is 6.92 Å². The van der Waals surface area contributed by atoms with Gasteiger partial charge in [0.15, 0.2) is 0 Å². The molecule has 0 spiro atoms. The van der Waals surface area contributed by atoms with Gasteiger partial charge in [-0.15, -0.1) is 0 Å². The number of carbonyl (C=O) groups is 1. The van der Waals surface area contributed by atoms with Gasteiger partial charge in [-0.3, -0.25) is 4.79 Å². The molecular weight excluding hydrogens is 448 g/mol. The molecule has 2 aromatic rings. The van der Waals surface area contributed by atoms with Crippen LogP contribution in [0.5, 0.6) is 5.75 Å². The van der Waals surface area contributed by atoms with Crippen molar-refractivity contribution in [3.8, 4) is 5.75 Å². The van der Waals surface area contributed by atoms with Crippen molar-refractivity contribution in [2.45, 2.75) is 82.3 Å². The number of ether oxygens (including phenoxy) is 1. The van der Waals surface area contributed by atoms with Crippen molar-refractivity contribution in [3.05, 3.63) is 59.2 Å². The lowest BCUT2D eigenvalue weighted by atomic mass is 9.83. The van der Waals surface area contributed by atoms with E-state index in [1.165, 1.54) is 0 Å². The molecule has 4 rings (SSSR count). The molecule has 6 nitrogen and oxygen atoms in total. The fraction of sp³-hybridized carbons (Fsp3) is 0.519. The molecule has 0 saturated carbocycles. The molecule has 2 aliphatic rings. The maximum absolute atomic E-state index is 13.5. The van der Waals surface area contributed by atoms with E-state index in [0.717, 1.165) is 55.4 Å². The van der Waals surface area contributed by atoms with Crippen LogP contribution in [0.15, 0.2) is 47.4 Å². The summed E-state index contributed by atoms with van der Waals surface area (Å²) in [6, 6.07) is 12.5. The van der Waals surface area contributed by atoms with Crippen molar-refractivity contribution < 1.29 is 17.9 Å². The summed E-state index contributed by atoms with van der Waals surface area (Å²) in [4.78, 5) is 13.7. The van der Waals surface area contributed by atoms with Gasteiger partial charge in [-0.2, -0.15) is 4.31 Å². The number of fused-ring (bicyclic) bond motifs is 1. The summed E-state index contributed by atoms with van der Waals surface area (Å²) in [7, 11) is -3.63. The van der Waals surface area contributed by atoms with Crippen LogP contribution in [0.3, 0.4) is 0 Å². The van der Waals surface area contributed by atoms with E-state index in [2.05, 4.69) is 19.2 Å². The molecule has 1 N–H and O–H groups in total. The highest BCUT2D eigenvalue weighted by Crippen LogP contribution is 2.42. The van der Waals surface area contributed by atoms with Crippen LogP contribution in [-0.2, 0) is 10.0 Å². The standard InChI is InChI=1S/C27H36N2O4S/c1-4-27(5-2)19-24(22-12-8-9-13-25(22)33-27)28-26(30)23-18-21(15-14-20(23)3)34(31,32)29-16-10-6-7-11-17-29/h8-9,12-15,18,24H,4-7,10-11,16-17,19H2,1-3H3,(H,28,30)/t24-/m1/s1. The highest BCUT2D eigenvalue weighted by Gasteiger charge is 2.39. The summed E-state index contributed by atoms with van der Waals surface area (Å²) in [5.74, 6) is 0.546. The largest absolute Gasteiger partial charge is 0.487 e. The highest BCUT2D eigenvalue weighted by atomic mass is 32.2.